The van der Waals surface area contributed by atoms with Gasteiger partial charge in [-0.25, -0.2) is 0 Å². The number of hydrogen-bond acceptors (Lipinski definition) is 1. The van der Waals surface area contributed by atoms with Crippen molar-refractivity contribution in [2.45, 2.75) is 60.8 Å². The zero-order chi connectivity index (χ0) is 11.7. The monoisotopic (exact) mass is 212 g/mol. The molecule has 0 radical (unpaired) electrons. The number of rotatable bonds is 0. The van der Waals surface area contributed by atoms with Crippen LogP contribution in [-0.2, 0) is 4.74 Å². The third-order valence-corrected chi connectivity index (χ3v) is 3.42. The van der Waals surface area contributed by atoms with Gasteiger partial charge >= 0.3 is 0 Å². The van der Waals surface area contributed by atoms with Crippen LogP contribution >= 0.6 is 0 Å². The van der Waals surface area contributed by atoms with Gasteiger partial charge in [-0.2, -0.15) is 0 Å². The minimum Gasteiger partial charge on any atom is -0.380 e. The first-order valence-electron chi connectivity index (χ1n) is 6.20. The summed E-state index contributed by atoms with van der Waals surface area (Å²) in [7, 11) is 0. The standard InChI is InChI=1S/C14H28O/c1-12(2)7-8-13(3,4)10-15-11-14(5,6)9-12/h7-11H2,1-6H3. The van der Waals surface area contributed by atoms with Gasteiger partial charge < -0.3 is 4.74 Å². The summed E-state index contributed by atoms with van der Waals surface area (Å²) in [5.74, 6) is 0. The molecule has 1 aliphatic heterocycles. The van der Waals surface area contributed by atoms with E-state index >= 15 is 0 Å². The highest BCUT2D eigenvalue weighted by Gasteiger charge is 2.33. The van der Waals surface area contributed by atoms with E-state index in [0.29, 0.717) is 16.2 Å². The Kier molecular flexibility index (Phi) is 3.55. The van der Waals surface area contributed by atoms with E-state index in [0.717, 1.165) is 13.2 Å². The average molecular weight is 212 g/mol. The van der Waals surface area contributed by atoms with Crippen molar-refractivity contribution in [1.82, 2.24) is 0 Å². The molecular weight excluding hydrogens is 184 g/mol. The van der Waals surface area contributed by atoms with E-state index in [1.54, 1.807) is 0 Å². The van der Waals surface area contributed by atoms with E-state index in [1.165, 1.54) is 19.3 Å². The Morgan fingerprint density at radius 3 is 1.73 bits per heavy atom. The topological polar surface area (TPSA) is 9.23 Å². The van der Waals surface area contributed by atoms with Crippen LogP contribution in [0.15, 0.2) is 0 Å². The molecule has 0 spiro atoms. The fourth-order valence-corrected chi connectivity index (χ4v) is 2.79. The molecule has 0 unspecified atom stereocenters. The van der Waals surface area contributed by atoms with Gasteiger partial charge in [0.15, 0.2) is 0 Å². The normalized spacial score (nSPS) is 30.0. The Bertz CT molecular complexity index is 213. The molecule has 0 saturated carbocycles. The van der Waals surface area contributed by atoms with Gasteiger partial charge in [0.2, 0.25) is 0 Å². The zero-order valence-electron chi connectivity index (χ0n) is 11.4. The van der Waals surface area contributed by atoms with Gasteiger partial charge in [0.1, 0.15) is 0 Å². The molecule has 0 aromatic heterocycles. The maximum atomic E-state index is 5.88. The highest BCUT2D eigenvalue weighted by molar-refractivity contribution is 4.83. The maximum absolute atomic E-state index is 5.88. The number of ether oxygens (including phenoxy) is 1. The Morgan fingerprint density at radius 1 is 0.667 bits per heavy atom. The summed E-state index contributed by atoms with van der Waals surface area (Å²) in [4.78, 5) is 0. The van der Waals surface area contributed by atoms with Gasteiger partial charge in [0, 0.05) is 0 Å². The Morgan fingerprint density at radius 2 is 1.13 bits per heavy atom. The second kappa shape index (κ2) is 4.08. The van der Waals surface area contributed by atoms with Crippen molar-refractivity contribution in [2.75, 3.05) is 13.2 Å². The highest BCUT2D eigenvalue weighted by Crippen LogP contribution is 2.41. The van der Waals surface area contributed by atoms with Crippen LogP contribution in [0.2, 0.25) is 0 Å². The second-order valence-electron chi connectivity index (χ2n) is 7.66. The molecule has 15 heavy (non-hydrogen) atoms. The highest BCUT2D eigenvalue weighted by atomic mass is 16.5. The van der Waals surface area contributed by atoms with E-state index in [-0.39, 0.29) is 0 Å². The summed E-state index contributed by atoms with van der Waals surface area (Å²) in [6, 6.07) is 0. The van der Waals surface area contributed by atoms with Crippen LogP contribution in [0.3, 0.4) is 0 Å². The lowest BCUT2D eigenvalue weighted by Gasteiger charge is -2.34. The van der Waals surface area contributed by atoms with Crippen molar-refractivity contribution < 1.29 is 4.74 Å². The summed E-state index contributed by atoms with van der Waals surface area (Å²) in [5.41, 5.74) is 1.12. The van der Waals surface area contributed by atoms with Crippen LogP contribution in [0, 0.1) is 16.2 Å². The molecule has 0 aromatic rings. The minimum absolute atomic E-state index is 0.323. The first kappa shape index (κ1) is 13.0. The molecule has 1 rings (SSSR count). The van der Waals surface area contributed by atoms with Crippen molar-refractivity contribution >= 4 is 0 Å². The summed E-state index contributed by atoms with van der Waals surface area (Å²) >= 11 is 0. The molecule has 1 aliphatic rings. The molecule has 1 fully saturated rings. The van der Waals surface area contributed by atoms with Crippen molar-refractivity contribution in [2.24, 2.45) is 16.2 Å². The quantitative estimate of drug-likeness (QED) is 0.583. The summed E-state index contributed by atoms with van der Waals surface area (Å²) < 4.78 is 5.88. The van der Waals surface area contributed by atoms with Crippen LogP contribution in [0.4, 0.5) is 0 Å². The van der Waals surface area contributed by atoms with Crippen molar-refractivity contribution in [3.8, 4) is 0 Å². The van der Waals surface area contributed by atoms with Gasteiger partial charge in [-0.05, 0) is 35.5 Å². The molecular formula is C14H28O. The van der Waals surface area contributed by atoms with E-state index in [9.17, 15) is 0 Å². The average Bonchev–Trinajstić information content (AvgIpc) is 2.00. The molecule has 0 amide bonds. The molecule has 1 heterocycles. The first-order valence-corrected chi connectivity index (χ1v) is 6.20. The van der Waals surface area contributed by atoms with Gasteiger partial charge in [0.25, 0.3) is 0 Å². The molecule has 0 N–H and O–H groups in total. The van der Waals surface area contributed by atoms with Crippen molar-refractivity contribution in [1.29, 1.82) is 0 Å². The number of hydrogen-bond donors (Lipinski definition) is 0. The predicted molar refractivity (Wildman–Crippen MR) is 66.0 cm³/mol. The van der Waals surface area contributed by atoms with E-state index in [2.05, 4.69) is 41.5 Å². The molecule has 1 nitrogen and oxygen atoms in total. The lowest BCUT2D eigenvalue weighted by molar-refractivity contribution is 0.0138. The molecule has 0 bridgehead atoms. The van der Waals surface area contributed by atoms with E-state index in [4.69, 9.17) is 4.74 Å². The Balaban J connectivity index is 2.74. The third kappa shape index (κ3) is 4.55. The fraction of sp³-hybridized carbons (Fsp3) is 1.00. The van der Waals surface area contributed by atoms with Gasteiger partial charge in [0.05, 0.1) is 13.2 Å². The van der Waals surface area contributed by atoms with Crippen molar-refractivity contribution in [3.63, 3.8) is 0 Å². The molecule has 0 aromatic carbocycles. The van der Waals surface area contributed by atoms with Crippen LogP contribution in [0.1, 0.15) is 60.8 Å². The maximum Gasteiger partial charge on any atom is 0.0517 e. The van der Waals surface area contributed by atoms with Crippen LogP contribution < -0.4 is 0 Å². The van der Waals surface area contributed by atoms with Crippen LogP contribution in [-0.4, -0.2) is 13.2 Å². The molecule has 1 heteroatoms. The smallest absolute Gasteiger partial charge is 0.0517 e. The summed E-state index contributed by atoms with van der Waals surface area (Å²) in [5, 5.41) is 0. The van der Waals surface area contributed by atoms with E-state index in [1.807, 2.05) is 0 Å². The summed E-state index contributed by atoms with van der Waals surface area (Å²) in [6.45, 7) is 15.9. The minimum atomic E-state index is 0.323. The summed E-state index contributed by atoms with van der Waals surface area (Å²) in [6.07, 6.45) is 3.85. The molecule has 0 aliphatic carbocycles. The third-order valence-electron chi connectivity index (χ3n) is 3.42. The van der Waals surface area contributed by atoms with Crippen molar-refractivity contribution in [3.05, 3.63) is 0 Å². The molecule has 0 atom stereocenters. The van der Waals surface area contributed by atoms with Gasteiger partial charge in [-0.1, -0.05) is 41.5 Å². The lowest BCUT2D eigenvalue weighted by Crippen LogP contribution is -2.26. The first-order chi connectivity index (χ1) is 6.62. The van der Waals surface area contributed by atoms with Crippen LogP contribution in [0.25, 0.3) is 0 Å². The lowest BCUT2D eigenvalue weighted by atomic mass is 9.71. The second-order valence-corrected chi connectivity index (χ2v) is 7.66. The predicted octanol–water partition coefficient (Wildman–Crippen LogP) is 4.27. The van der Waals surface area contributed by atoms with Crippen LogP contribution in [0.5, 0.6) is 0 Å². The SMILES string of the molecule is CC1(C)CCC(C)(C)CC(C)(C)COC1. The molecule has 1 saturated heterocycles. The largest absolute Gasteiger partial charge is 0.380 e. The fourth-order valence-electron chi connectivity index (χ4n) is 2.79. The van der Waals surface area contributed by atoms with Gasteiger partial charge in [-0.3, -0.25) is 0 Å². The van der Waals surface area contributed by atoms with Gasteiger partial charge in [-0.15, -0.1) is 0 Å². The zero-order valence-corrected chi connectivity index (χ0v) is 11.4. The Hall–Kier alpha value is -0.0400. The van der Waals surface area contributed by atoms with E-state index < -0.39 is 0 Å². The Labute approximate surface area is 95.6 Å². The molecule has 90 valence electrons.